The summed E-state index contributed by atoms with van der Waals surface area (Å²) in [5.74, 6) is -3.58. The number of fused-ring (bicyclic) bond motifs is 1. The Morgan fingerprint density at radius 3 is 1.98 bits per heavy atom. The highest BCUT2D eigenvalue weighted by Crippen LogP contribution is 2.40. The SMILES string of the molecule is C[C@H]1O[C@@H](OC[C@H]2O[C@@H](Oc3c(-c4ccc(O)c(O)c4)oc4cc(O)cc(O)c4c3=O)[C@H](O)[C@@H](O)[C@@H]2O)[C@H](O)[C@@H](O[C@@H]2O[C@H](CO)[C@@H](O)[C@H](O)[C@H]2O)[C@H]1O. The summed E-state index contributed by atoms with van der Waals surface area (Å²) in [6.07, 6.45) is -26.0. The van der Waals surface area contributed by atoms with Crippen molar-refractivity contribution in [2.75, 3.05) is 13.2 Å². The number of aromatic hydroxyl groups is 4. The van der Waals surface area contributed by atoms with E-state index in [-0.39, 0.29) is 11.1 Å². The number of phenolic OH excluding ortho intramolecular Hbond substituents is 4. The van der Waals surface area contributed by atoms with E-state index in [1.807, 2.05) is 0 Å². The Kier molecular flexibility index (Phi) is 11.5. The molecule has 0 saturated carbocycles. The van der Waals surface area contributed by atoms with Crippen LogP contribution in [0.1, 0.15) is 6.92 Å². The van der Waals surface area contributed by atoms with Gasteiger partial charge in [0.05, 0.1) is 19.3 Å². The van der Waals surface area contributed by atoms with Crippen molar-refractivity contribution in [2.24, 2.45) is 0 Å². The number of phenols is 4. The number of hydrogen-bond acceptors (Lipinski definition) is 21. The fourth-order valence-electron chi connectivity index (χ4n) is 6.32. The highest BCUT2D eigenvalue weighted by atomic mass is 16.7. The highest BCUT2D eigenvalue weighted by Gasteiger charge is 2.51. The van der Waals surface area contributed by atoms with Crippen LogP contribution >= 0.6 is 0 Å². The summed E-state index contributed by atoms with van der Waals surface area (Å²) in [6.45, 7) is -0.138. The zero-order valence-electron chi connectivity index (χ0n) is 28.0. The Morgan fingerprint density at radius 1 is 0.667 bits per heavy atom. The molecule has 21 nitrogen and oxygen atoms in total. The third-order valence-electron chi connectivity index (χ3n) is 9.40. The number of aliphatic hydroxyl groups is 9. The molecule has 54 heavy (non-hydrogen) atoms. The molecular weight excluding hydrogens is 732 g/mol. The van der Waals surface area contributed by atoms with Gasteiger partial charge in [-0.25, -0.2) is 0 Å². The van der Waals surface area contributed by atoms with Gasteiger partial charge in [-0.15, -0.1) is 0 Å². The highest BCUT2D eigenvalue weighted by molar-refractivity contribution is 5.88. The largest absolute Gasteiger partial charge is 0.508 e. The zero-order valence-corrected chi connectivity index (χ0v) is 28.0. The molecule has 0 radical (unpaired) electrons. The maximum atomic E-state index is 13.8. The third-order valence-corrected chi connectivity index (χ3v) is 9.40. The molecule has 2 aromatic carbocycles. The van der Waals surface area contributed by atoms with Crippen molar-refractivity contribution in [3.63, 3.8) is 0 Å². The summed E-state index contributed by atoms with van der Waals surface area (Å²) in [5.41, 5.74) is -1.48. The van der Waals surface area contributed by atoms with Crippen molar-refractivity contribution in [1.82, 2.24) is 0 Å². The molecule has 21 heteroatoms. The van der Waals surface area contributed by atoms with E-state index in [4.69, 9.17) is 32.8 Å². The lowest BCUT2D eigenvalue weighted by Gasteiger charge is -2.46. The smallest absolute Gasteiger partial charge is 0.239 e. The molecule has 3 saturated heterocycles. The van der Waals surface area contributed by atoms with E-state index in [0.717, 1.165) is 24.3 Å². The van der Waals surface area contributed by atoms with Gasteiger partial charge in [0.2, 0.25) is 17.5 Å². The maximum Gasteiger partial charge on any atom is 0.239 e. The summed E-state index contributed by atoms with van der Waals surface area (Å²) in [6, 6.07) is 5.10. The van der Waals surface area contributed by atoms with E-state index in [2.05, 4.69) is 0 Å². The molecule has 298 valence electrons. The predicted octanol–water partition coefficient (Wildman–Crippen LogP) is -3.86. The Bertz CT molecular complexity index is 1850. The first-order chi connectivity index (χ1) is 25.5. The van der Waals surface area contributed by atoms with Crippen LogP contribution in [0.5, 0.6) is 28.7 Å². The van der Waals surface area contributed by atoms with Gasteiger partial charge in [0.1, 0.15) is 89.6 Å². The first-order valence-electron chi connectivity index (χ1n) is 16.5. The van der Waals surface area contributed by atoms with Crippen molar-refractivity contribution in [3.05, 3.63) is 40.6 Å². The van der Waals surface area contributed by atoms with Crippen molar-refractivity contribution >= 4 is 11.0 Å². The molecule has 0 amide bonds. The zero-order chi connectivity index (χ0) is 39.3. The van der Waals surface area contributed by atoms with E-state index in [9.17, 15) is 71.2 Å². The van der Waals surface area contributed by atoms with Gasteiger partial charge < -0.3 is 99.2 Å². The fraction of sp³-hybridized carbons (Fsp3) is 0.545. The van der Waals surface area contributed by atoms with Gasteiger partial charge in [0, 0.05) is 17.7 Å². The Hall–Kier alpha value is -3.91. The number of ether oxygens (including phenoxy) is 6. The Morgan fingerprint density at radius 2 is 1.31 bits per heavy atom. The van der Waals surface area contributed by atoms with Crippen molar-refractivity contribution in [3.8, 4) is 40.1 Å². The standard InChI is InChI=1S/C33H40O21/c1-9-19(39)29(53-32-25(45)23(43)20(40)16(7-34)51-32)27(47)31(49-9)48-8-17-21(41)24(44)26(46)33(52-17)54-30-22(42)18-14(38)5-11(35)6-15(18)50-28(30)10-2-3-12(36)13(37)4-10/h2-6,9,16-17,19-21,23-27,29,31-41,43-47H,7-8H2,1H3/t9-,16-,17-,19+,20-,21-,23+,24+,25-,26-,27-,29+,31-,32+,33+/m1/s1. The van der Waals surface area contributed by atoms with Crippen LogP contribution in [0.2, 0.25) is 0 Å². The molecule has 3 aromatic rings. The number of hydrogen-bond donors (Lipinski definition) is 13. The van der Waals surface area contributed by atoms with Crippen LogP contribution in [0.25, 0.3) is 22.3 Å². The van der Waals surface area contributed by atoms with Crippen LogP contribution in [-0.2, 0) is 23.7 Å². The van der Waals surface area contributed by atoms with E-state index in [1.54, 1.807) is 0 Å². The molecule has 0 bridgehead atoms. The molecule has 4 heterocycles. The van der Waals surface area contributed by atoms with Crippen LogP contribution in [0, 0.1) is 0 Å². The normalized spacial score (nSPS) is 37.3. The summed E-state index contributed by atoms with van der Waals surface area (Å²) < 4.78 is 39.3. The second-order valence-corrected chi connectivity index (χ2v) is 13.1. The summed E-state index contributed by atoms with van der Waals surface area (Å²) in [7, 11) is 0. The van der Waals surface area contributed by atoms with E-state index >= 15 is 0 Å². The van der Waals surface area contributed by atoms with Gasteiger partial charge in [-0.1, -0.05) is 0 Å². The monoisotopic (exact) mass is 772 g/mol. The van der Waals surface area contributed by atoms with Crippen LogP contribution in [0.15, 0.2) is 39.5 Å². The molecule has 3 fully saturated rings. The van der Waals surface area contributed by atoms with Gasteiger partial charge in [0.15, 0.2) is 29.8 Å². The van der Waals surface area contributed by atoms with Gasteiger partial charge in [-0.2, -0.15) is 0 Å². The van der Waals surface area contributed by atoms with Crippen LogP contribution in [0.4, 0.5) is 0 Å². The molecule has 3 aliphatic rings. The molecule has 3 aliphatic heterocycles. The van der Waals surface area contributed by atoms with E-state index in [1.165, 1.54) is 13.0 Å². The minimum atomic E-state index is -2.05. The van der Waals surface area contributed by atoms with Crippen LogP contribution in [-0.4, -0.2) is 172 Å². The van der Waals surface area contributed by atoms with Gasteiger partial charge >= 0.3 is 0 Å². The van der Waals surface area contributed by atoms with Crippen molar-refractivity contribution < 1.29 is 99.2 Å². The summed E-state index contributed by atoms with van der Waals surface area (Å²) >= 11 is 0. The first kappa shape index (κ1) is 39.8. The minimum Gasteiger partial charge on any atom is -0.508 e. The molecular formula is C33H40O21. The number of aliphatic hydroxyl groups excluding tert-OH is 9. The second kappa shape index (κ2) is 15.7. The molecule has 0 aliphatic carbocycles. The van der Waals surface area contributed by atoms with Crippen molar-refractivity contribution in [2.45, 2.75) is 99.0 Å². The average molecular weight is 773 g/mol. The molecule has 13 N–H and O–H groups in total. The molecule has 15 atom stereocenters. The molecule has 1 aromatic heterocycles. The lowest BCUT2D eigenvalue weighted by atomic mass is 9.97. The second-order valence-electron chi connectivity index (χ2n) is 13.1. The minimum absolute atomic E-state index is 0.0758. The third kappa shape index (κ3) is 7.39. The predicted molar refractivity (Wildman–Crippen MR) is 173 cm³/mol. The van der Waals surface area contributed by atoms with Crippen molar-refractivity contribution in [1.29, 1.82) is 0 Å². The topological polar surface area (TPSA) is 349 Å². The van der Waals surface area contributed by atoms with Gasteiger partial charge in [-0.05, 0) is 25.1 Å². The average Bonchev–Trinajstić information content (AvgIpc) is 3.13. The lowest BCUT2D eigenvalue weighted by Crippen LogP contribution is -2.64. The quantitative estimate of drug-likeness (QED) is 0.0925. The van der Waals surface area contributed by atoms with Crippen LogP contribution in [0.3, 0.4) is 0 Å². The summed E-state index contributed by atoms with van der Waals surface area (Å²) in [5, 5.41) is 134. The van der Waals surface area contributed by atoms with E-state index < -0.39 is 151 Å². The molecule has 6 rings (SSSR count). The van der Waals surface area contributed by atoms with E-state index in [0.29, 0.717) is 0 Å². The number of rotatable bonds is 9. The molecule has 0 spiro atoms. The Labute approximate surface area is 303 Å². The maximum absolute atomic E-state index is 13.8. The Balaban J connectivity index is 1.23. The first-order valence-corrected chi connectivity index (χ1v) is 16.5. The number of benzene rings is 2. The van der Waals surface area contributed by atoms with Gasteiger partial charge in [-0.3, -0.25) is 4.79 Å². The fourth-order valence-corrected chi connectivity index (χ4v) is 6.32. The summed E-state index contributed by atoms with van der Waals surface area (Å²) in [4.78, 5) is 13.8. The van der Waals surface area contributed by atoms with Crippen LogP contribution < -0.4 is 10.2 Å². The lowest BCUT2D eigenvalue weighted by molar-refractivity contribution is -0.361. The van der Waals surface area contributed by atoms with Gasteiger partial charge in [0.25, 0.3) is 0 Å². The molecule has 0 unspecified atom stereocenters.